The topological polar surface area (TPSA) is 98.0 Å². The number of aryl methyl sites for hydroxylation is 1. The summed E-state index contributed by atoms with van der Waals surface area (Å²) in [6.45, 7) is 6.52. The van der Waals surface area contributed by atoms with Crippen LogP contribution in [0.25, 0.3) is 21.5 Å². The number of benzene rings is 2. The number of fused-ring (bicyclic) bond motifs is 2. The Bertz CT molecular complexity index is 1680. The van der Waals surface area contributed by atoms with Crippen LogP contribution in [0.1, 0.15) is 70.8 Å². The van der Waals surface area contributed by atoms with Gasteiger partial charge >= 0.3 is 0 Å². The molecular formula is C33H40Cl4N4O2S. The molecule has 6 rings (SSSR count). The highest BCUT2D eigenvalue weighted by Crippen LogP contribution is 2.31. The van der Waals surface area contributed by atoms with Crippen LogP contribution in [0.4, 0.5) is 0 Å². The van der Waals surface area contributed by atoms with Crippen LogP contribution in [0.15, 0.2) is 53.7 Å². The zero-order chi connectivity index (χ0) is 32.0. The third-order valence-corrected chi connectivity index (χ3v) is 11.1. The van der Waals surface area contributed by atoms with Crippen LogP contribution in [-0.2, 0) is 10.0 Å². The second-order valence-corrected chi connectivity index (χ2v) is 15.4. The summed E-state index contributed by atoms with van der Waals surface area (Å²) in [5, 5.41) is 4.93. The molecule has 2 fully saturated rings. The van der Waals surface area contributed by atoms with Crippen LogP contribution in [0.3, 0.4) is 0 Å². The summed E-state index contributed by atoms with van der Waals surface area (Å²) < 4.78 is 28.0. The monoisotopic (exact) mass is 696 g/mol. The SMILES string of the molecule is CC1CCC(N)CC1.CC1CCC(NS(=O)(=O)c2ccc3c(Cl)cnc(Cl)c3c2)CC1.Cc1ccc2c(Cl)cnc(Cl)c2c1. The average Bonchev–Trinajstić information content (AvgIpc) is 3.00. The van der Waals surface area contributed by atoms with Gasteiger partial charge in [-0.25, -0.2) is 23.1 Å². The largest absolute Gasteiger partial charge is 0.328 e. The van der Waals surface area contributed by atoms with Gasteiger partial charge in [0.2, 0.25) is 10.0 Å². The van der Waals surface area contributed by atoms with Gasteiger partial charge < -0.3 is 5.73 Å². The minimum atomic E-state index is -3.58. The predicted molar refractivity (Wildman–Crippen MR) is 186 cm³/mol. The van der Waals surface area contributed by atoms with E-state index in [2.05, 4.69) is 28.5 Å². The highest BCUT2D eigenvalue weighted by atomic mass is 35.5. The molecule has 0 unspecified atom stereocenters. The van der Waals surface area contributed by atoms with Crippen LogP contribution < -0.4 is 10.5 Å². The van der Waals surface area contributed by atoms with Gasteiger partial charge in [-0.3, -0.25) is 0 Å². The first-order valence-corrected chi connectivity index (χ1v) is 18.1. The molecule has 0 radical (unpaired) electrons. The first-order chi connectivity index (χ1) is 20.8. The molecule has 238 valence electrons. The average molecular weight is 699 g/mol. The summed E-state index contributed by atoms with van der Waals surface area (Å²) in [5.74, 6) is 1.61. The molecule has 0 saturated heterocycles. The molecule has 0 atom stereocenters. The smallest absolute Gasteiger partial charge is 0.240 e. The van der Waals surface area contributed by atoms with Crippen molar-refractivity contribution < 1.29 is 8.42 Å². The van der Waals surface area contributed by atoms with Gasteiger partial charge in [0.1, 0.15) is 10.3 Å². The first kappa shape index (κ1) is 35.1. The first-order valence-electron chi connectivity index (χ1n) is 15.1. The number of hydrogen-bond donors (Lipinski definition) is 2. The summed E-state index contributed by atoms with van der Waals surface area (Å²) in [5.41, 5.74) is 6.85. The molecule has 4 aromatic rings. The minimum Gasteiger partial charge on any atom is -0.328 e. The van der Waals surface area contributed by atoms with Crippen molar-refractivity contribution in [2.24, 2.45) is 17.6 Å². The van der Waals surface area contributed by atoms with E-state index in [1.807, 2.05) is 25.1 Å². The van der Waals surface area contributed by atoms with Crippen LogP contribution in [-0.4, -0.2) is 30.5 Å². The summed E-state index contributed by atoms with van der Waals surface area (Å²) in [6, 6.07) is 11.2. The van der Waals surface area contributed by atoms with E-state index in [1.165, 1.54) is 37.9 Å². The lowest BCUT2D eigenvalue weighted by Gasteiger charge is -2.26. The maximum absolute atomic E-state index is 12.6. The maximum Gasteiger partial charge on any atom is 0.240 e. The third-order valence-electron chi connectivity index (χ3n) is 8.42. The Kier molecular flexibility index (Phi) is 12.6. The highest BCUT2D eigenvalue weighted by molar-refractivity contribution is 7.89. The standard InChI is InChI=1S/C16H18Cl2N2O2S.C10H7Cl2N.C7H15N/c1-10-2-4-11(5-3-10)20-23(21,22)12-6-7-13-14(8-12)16(18)19-9-15(13)17;1-6-2-3-7-8(4-6)10(12)13-5-9(7)11;1-6-2-4-7(8)5-3-6/h6-11,20H,2-5H2,1H3;2-5H,1H3;6-7H,2-5,8H2,1H3. The summed E-state index contributed by atoms with van der Waals surface area (Å²) in [4.78, 5) is 8.14. The Morgan fingerprint density at radius 3 is 1.70 bits per heavy atom. The number of nitrogens with two attached hydrogens (primary N) is 1. The molecule has 44 heavy (non-hydrogen) atoms. The zero-order valence-electron chi connectivity index (χ0n) is 25.3. The number of sulfonamides is 1. The predicted octanol–water partition coefficient (Wildman–Crippen LogP) is 9.77. The van der Waals surface area contributed by atoms with E-state index in [0.717, 1.165) is 47.9 Å². The molecule has 2 heterocycles. The molecular weight excluding hydrogens is 658 g/mol. The Morgan fingerprint density at radius 2 is 1.18 bits per heavy atom. The Morgan fingerprint density at radius 1 is 0.705 bits per heavy atom. The second kappa shape index (κ2) is 15.7. The van der Waals surface area contributed by atoms with Crippen LogP contribution in [0.5, 0.6) is 0 Å². The lowest BCUT2D eigenvalue weighted by molar-refractivity contribution is 0.332. The van der Waals surface area contributed by atoms with Crippen molar-refractivity contribution in [2.75, 3.05) is 0 Å². The van der Waals surface area contributed by atoms with Gasteiger partial charge in [0, 0.05) is 46.0 Å². The number of nitrogens with zero attached hydrogens (tertiary/aromatic N) is 2. The van der Waals surface area contributed by atoms with Crippen LogP contribution in [0, 0.1) is 18.8 Å². The number of hydrogen-bond acceptors (Lipinski definition) is 5. The number of nitrogens with one attached hydrogen (secondary N) is 1. The molecule has 0 spiro atoms. The van der Waals surface area contributed by atoms with E-state index in [0.29, 0.717) is 37.9 Å². The fourth-order valence-corrected chi connectivity index (χ4v) is 7.73. The van der Waals surface area contributed by atoms with Crippen molar-refractivity contribution >= 4 is 78.0 Å². The molecule has 2 aliphatic rings. The van der Waals surface area contributed by atoms with E-state index in [9.17, 15) is 8.42 Å². The third kappa shape index (κ3) is 9.41. The molecule has 2 aliphatic carbocycles. The summed E-state index contributed by atoms with van der Waals surface area (Å²) in [6.07, 6.45) is 12.1. The second-order valence-electron chi connectivity index (χ2n) is 12.1. The number of aromatic nitrogens is 2. The van der Waals surface area contributed by atoms with Gasteiger partial charge in [0.25, 0.3) is 0 Å². The Balaban J connectivity index is 0.000000175. The molecule has 0 aliphatic heterocycles. The van der Waals surface area contributed by atoms with Gasteiger partial charge in [-0.2, -0.15) is 0 Å². The molecule has 2 saturated carbocycles. The van der Waals surface area contributed by atoms with Crippen LogP contribution >= 0.6 is 46.4 Å². The van der Waals surface area contributed by atoms with Gasteiger partial charge in [-0.15, -0.1) is 0 Å². The van der Waals surface area contributed by atoms with Crippen molar-refractivity contribution in [3.63, 3.8) is 0 Å². The molecule has 11 heteroatoms. The molecule has 2 aromatic carbocycles. The van der Waals surface area contributed by atoms with E-state index in [4.69, 9.17) is 52.1 Å². The minimum absolute atomic E-state index is 0.000134. The van der Waals surface area contributed by atoms with Crippen molar-refractivity contribution in [1.82, 2.24) is 14.7 Å². The summed E-state index contributed by atoms with van der Waals surface area (Å²) >= 11 is 24.0. The molecule has 2 aromatic heterocycles. The highest BCUT2D eigenvalue weighted by Gasteiger charge is 2.24. The van der Waals surface area contributed by atoms with Crippen molar-refractivity contribution in [3.8, 4) is 0 Å². The van der Waals surface area contributed by atoms with Gasteiger partial charge in [0.05, 0.1) is 14.9 Å². The van der Waals surface area contributed by atoms with E-state index < -0.39 is 10.0 Å². The molecule has 3 N–H and O–H groups in total. The Labute approximate surface area is 281 Å². The van der Waals surface area contributed by atoms with E-state index in [1.54, 1.807) is 18.3 Å². The van der Waals surface area contributed by atoms with Crippen LogP contribution in [0.2, 0.25) is 20.4 Å². The van der Waals surface area contributed by atoms with Gasteiger partial charge in [0.15, 0.2) is 0 Å². The Hall–Kier alpha value is -1.71. The van der Waals surface area contributed by atoms with E-state index >= 15 is 0 Å². The van der Waals surface area contributed by atoms with Gasteiger partial charge in [-0.05, 0) is 88.3 Å². The fourth-order valence-electron chi connectivity index (χ4n) is 5.56. The molecule has 0 bridgehead atoms. The fraction of sp³-hybridized carbons (Fsp3) is 0.455. The zero-order valence-corrected chi connectivity index (χ0v) is 29.1. The van der Waals surface area contributed by atoms with Crippen molar-refractivity contribution in [3.05, 3.63) is 74.7 Å². The number of rotatable bonds is 3. The van der Waals surface area contributed by atoms with Gasteiger partial charge in [-0.1, -0.05) is 84.0 Å². The summed E-state index contributed by atoms with van der Waals surface area (Å²) in [7, 11) is -3.58. The van der Waals surface area contributed by atoms with Crippen molar-refractivity contribution in [1.29, 1.82) is 0 Å². The number of halogens is 4. The normalized spacial score (nSPS) is 22.1. The lowest BCUT2D eigenvalue weighted by atomic mass is 9.88. The molecule has 0 amide bonds. The maximum atomic E-state index is 12.6. The van der Waals surface area contributed by atoms with E-state index in [-0.39, 0.29) is 16.1 Å². The number of pyridine rings is 2. The molecule has 6 nitrogen and oxygen atoms in total. The lowest BCUT2D eigenvalue weighted by Crippen LogP contribution is -2.37. The quantitative estimate of drug-likeness (QED) is 0.208. The van der Waals surface area contributed by atoms with Crippen molar-refractivity contribution in [2.45, 2.75) is 89.1 Å².